The predicted octanol–water partition coefficient (Wildman–Crippen LogP) is 9.75. The van der Waals surface area contributed by atoms with Crippen molar-refractivity contribution < 1.29 is 23.0 Å². The standard InChI is InChI=1S/C20H23ClN2O3.C6H10F2.C5H12/c1-4-6-7-14(3)16-10-8-15(9-11-16)13-26-20-22-12-17(18(21)23-20)19(24)25-5-2;1-4-5(2)6(3,7)8;1-4-5(2)3/h7-12H,4-6,13H2,1-3H3;4H,1-3H3;5H,4H2,1-3H3/b;5-4+;. The molecule has 2 rings (SSSR count). The number of hydrogen-bond acceptors (Lipinski definition) is 5. The SMILES string of the molecule is C/C=C(\C)C(C)(F)F.CCC(C)C.CCCC=C(C)c1ccc(COc2ncc(C(=O)OCC)c(Cl)n2)cc1. The van der Waals surface area contributed by atoms with Gasteiger partial charge in [0.05, 0.1) is 12.8 Å². The molecule has 0 aliphatic heterocycles. The molecule has 39 heavy (non-hydrogen) atoms. The Balaban J connectivity index is 0.000000920. The highest BCUT2D eigenvalue weighted by atomic mass is 35.5. The van der Waals surface area contributed by atoms with Gasteiger partial charge in [0.25, 0.3) is 5.92 Å². The number of esters is 1. The van der Waals surface area contributed by atoms with Gasteiger partial charge >= 0.3 is 12.0 Å². The van der Waals surface area contributed by atoms with Crippen molar-refractivity contribution in [1.29, 1.82) is 0 Å². The van der Waals surface area contributed by atoms with Crippen LogP contribution in [0, 0.1) is 5.92 Å². The van der Waals surface area contributed by atoms with Crippen molar-refractivity contribution in [1.82, 2.24) is 9.97 Å². The Morgan fingerprint density at radius 2 is 1.72 bits per heavy atom. The third-order valence-electron chi connectivity index (χ3n) is 5.67. The van der Waals surface area contributed by atoms with Crippen LogP contribution in [0.15, 0.2) is 48.2 Å². The van der Waals surface area contributed by atoms with Crippen LogP contribution in [-0.4, -0.2) is 28.5 Å². The monoisotopic (exact) mass is 566 g/mol. The van der Waals surface area contributed by atoms with Crippen LogP contribution < -0.4 is 4.74 Å². The first-order valence-electron chi connectivity index (χ1n) is 13.4. The van der Waals surface area contributed by atoms with Crippen LogP contribution in [0.4, 0.5) is 8.78 Å². The molecule has 0 saturated carbocycles. The van der Waals surface area contributed by atoms with E-state index in [2.05, 4.69) is 62.8 Å². The Bertz CT molecular complexity index is 1050. The average Bonchev–Trinajstić information content (AvgIpc) is 2.90. The number of carbonyl (C=O) groups is 1. The zero-order valence-corrected chi connectivity index (χ0v) is 25.7. The van der Waals surface area contributed by atoms with Gasteiger partial charge in [-0.05, 0) is 62.3 Å². The molecule has 0 aliphatic rings. The van der Waals surface area contributed by atoms with E-state index in [1.165, 1.54) is 36.8 Å². The van der Waals surface area contributed by atoms with Crippen molar-refractivity contribution in [3.8, 4) is 6.01 Å². The summed E-state index contributed by atoms with van der Waals surface area (Å²) in [7, 11) is 0. The molecule has 0 fully saturated rings. The lowest BCUT2D eigenvalue weighted by Crippen LogP contribution is -2.10. The van der Waals surface area contributed by atoms with Gasteiger partial charge in [-0.3, -0.25) is 0 Å². The normalized spacial score (nSPS) is 11.7. The minimum Gasteiger partial charge on any atom is -0.462 e. The van der Waals surface area contributed by atoms with Crippen molar-refractivity contribution in [2.45, 2.75) is 94.1 Å². The van der Waals surface area contributed by atoms with Crippen LogP contribution in [0.3, 0.4) is 0 Å². The lowest BCUT2D eigenvalue weighted by atomic mass is 10.0. The largest absolute Gasteiger partial charge is 0.462 e. The minimum absolute atomic E-state index is 0.0143. The maximum atomic E-state index is 12.0. The zero-order valence-electron chi connectivity index (χ0n) is 24.9. The highest BCUT2D eigenvalue weighted by molar-refractivity contribution is 6.32. The number of rotatable bonds is 10. The summed E-state index contributed by atoms with van der Waals surface area (Å²) in [6, 6.07) is 8.27. The number of ether oxygens (including phenoxy) is 2. The molecule has 5 nitrogen and oxygen atoms in total. The predicted molar refractivity (Wildman–Crippen MR) is 158 cm³/mol. The molecule has 0 atom stereocenters. The molecule has 1 heterocycles. The molecule has 0 saturated heterocycles. The number of carbonyl (C=O) groups excluding carboxylic acids is 1. The number of hydrogen-bond donors (Lipinski definition) is 0. The maximum Gasteiger partial charge on any atom is 0.342 e. The van der Waals surface area contributed by atoms with Crippen LogP contribution in [-0.2, 0) is 11.3 Å². The average molecular weight is 567 g/mol. The Morgan fingerprint density at radius 1 is 1.13 bits per heavy atom. The molecular formula is C31H45ClF2N2O3. The van der Waals surface area contributed by atoms with E-state index in [0.717, 1.165) is 31.2 Å². The third kappa shape index (κ3) is 15.4. The van der Waals surface area contributed by atoms with Gasteiger partial charge in [-0.15, -0.1) is 0 Å². The number of unbranched alkanes of at least 4 members (excludes halogenated alkanes) is 1. The van der Waals surface area contributed by atoms with E-state index >= 15 is 0 Å². The number of aromatic nitrogens is 2. The summed E-state index contributed by atoms with van der Waals surface area (Å²) >= 11 is 6.00. The molecule has 0 aliphatic carbocycles. The lowest BCUT2D eigenvalue weighted by molar-refractivity contribution is 0.0524. The van der Waals surface area contributed by atoms with Crippen molar-refractivity contribution in [3.05, 3.63) is 70.0 Å². The number of nitrogens with zero attached hydrogens (tertiary/aromatic N) is 2. The number of allylic oxidation sites excluding steroid dienone is 4. The van der Waals surface area contributed by atoms with E-state index in [1.54, 1.807) is 13.8 Å². The number of halogens is 3. The summed E-state index contributed by atoms with van der Waals surface area (Å²) in [5, 5.41) is 0.0143. The Morgan fingerprint density at radius 3 is 2.13 bits per heavy atom. The van der Waals surface area contributed by atoms with Crippen molar-refractivity contribution >= 4 is 23.1 Å². The molecule has 0 amide bonds. The second-order valence-electron chi connectivity index (χ2n) is 9.40. The van der Waals surface area contributed by atoms with Crippen molar-refractivity contribution in [2.24, 2.45) is 5.92 Å². The topological polar surface area (TPSA) is 61.3 Å². The van der Waals surface area contributed by atoms with Crippen molar-refractivity contribution in [3.63, 3.8) is 0 Å². The minimum atomic E-state index is -2.63. The van der Waals surface area contributed by atoms with Crippen LogP contribution in [0.5, 0.6) is 6.01 Å². The summed E-state index contributed by atoms with van der Waals surface area (Å²) in [5.74, 6) is -2.30. The Kier molecular flexibility index (Phi) is 17.9. The van der Waals surface area contributed by atoms with Gasteiger partial charge in [0.1, 0.15) is 12.2 Å². The fourth-order valence-corrected chi connectivity index (χ4v) is 2.70. The summed E-state index contributed by atoms with van der Waals surface area (Å²) in [5.41, 5.74) is 3.70. The highest BCUT2D eigenvalue weighted by Crippen LogP contribution is 2.21. The van der Waals surface area contributed by atoms with E-state index in [0.29, 0.717) is 6.61 Å². The molecule has 0 N–H and O–H groups in total. The quantitative estimate of drug-likeness (QED) is 0.163. The van der Waals surface area contributed by atoms with Gasteiger partial charge in [0, 0.05) is 6.92 Å². The van der Waals surface area contributed by atoms with E-state index < -0.39 is 11.9 Å². The highest BCUT2D eigenvalue weighted by Gasteiger charge is 2.22. The number of benzene rings is 1. The molecule has 0 radical (unpaired) electrons. The fourth-order valence-electron chi connectivity index (χ4n) is 2.51. The molecule has 0 spiro atoms. The second kappa shape index (κ2) is 19.3. The summed E-state index contributed by atoms with van der Waals surface area (Å²) in [6.45, 7) is 17.1. The molecule has 8 heteroatoms. The summed E-state index contributed by atoms with van der Waals surface area (Å²) in [6.07, 6.45) is 8.50. The van der Waals surface area contributed by atoms with E-state index in [1.807, 2.05) is 12.1 Å². The molecule has 1 aromatic heterocycles. The summed E-state index contributed by atoms with van der Waals surface area (Å²) in [4.78, 5) is 19.7. The van der Waals surface area contributed by atoms with Gasteiger partial charge in [-0.2, -0.15) is 4.98 Å². The third-order valence-corrected chi connectivity index (χ3v) is 5.96. The molecule has 1 aromatic carbocycles. The molecule has 2 aromatic rings. The number of alkyl halides is 2. The molecule has 0 bridgehead atoms. The van der Waals surface area contributed by atoms with Crippen LogP contribution >= 0.6 is 11.6 Å². The van der Waals surface area contributed by atoms with Gasteiger partial charge in [-0.25, -0.2) is 18.6 Å². The first kappa shape index (κ1) is 36.2. The van der Waals surface area contributed by atoms with Gasteiger partial charge in [0.2, 0.25) is 0 Å². The first-order chi connectivity index (χ1) is 18.3. The Labute approximate surface area is 238 Å². The van der Waals surface area contributed by atoms with Gasteiger partial charge < -0.3 is 9.47 Å². The molecule has 0 unspecified atom stereocenters. The molecular weight excluding hydrogens is 522 g/mol. The zero-order chi connectivity index (χ0) is 30.0. The van der Waals surface area contributed by atoms with E-state index in [9.17, 15) is 13.6 Å². The van der Waals surface area contributed by atoms with Crippen LogP contribution in [0.25, 0.3) is 5.57 Å². The van der Waals surface area contributed by atoms with Crippen molar-refractivity contribution in [2.75, 3.05) is 6.61 Å². The lowest BCUT2D eigenvalue weighted by Gasteiger charge is -2.08. The van der Waals surface area contributed by atoms with Crippen LogP contribution in [0.1, 0.15) is 103 Å². The smallest absolute Gasteiger partial charge is 0.342 e. The maximum absolute atomic E-state index is 12.0. The molecule has 218 valence electrons. The first-order valence-corrected chi connectivity index (χ1v) is 13.8. The van der Waals surface area contributed by atoms with Gasteiger partial charge in [-0.1, -0.05) is 88.6 Å². The van der Waals surface area contributed by atoms with Gasteiger partial charge in [0.15, 0.2) is 5.15 Å². The fraction of sp³-hybridized carbons (Fsp3) is 0.516. The van der Waals surface area contributed by atoms with Crippen LogP contribution in [0.2, 0.25) is 5.15 Å². The second-order valence-corrected chi connectivity index (χ2v) is 9.76. The Hall–Kier alpha value is -2.80. The van der Waals surface area contributed by atoms with E-state index in [-0.39, 0.29) is 28.9 Å². The summed E-state index contributed by atoms with van der Waals surface area (Å²) < 4.78 is 34.5. The van der Waals surface area contributed by atoms with E-state index in [4.69, 9.17) is 21.1 Å².